The largest absolute Gasteiger partial charge is 0.393 e. The number of quaternary nitrogens is 1. The van der Waals surface area contributed by atoms with Gasteiger partial charge in [0.1, 0.15) is 0 Å². The van der Waals surface area contributed by atoms with Gasteiger partial charge in [-0.3, -0.25) is 0 Å². The smallest absolute Gasteiger partial charge is 0.215 e. The summed E-state index contributed by atoms with van der Waals surface area (Å²) < 4.78 is 6.99. The van der Waals surface area contributed by atoms with E-state index >= 15 is 0 Å². The van der Waals surface area contributed by atoms with E-state index in [0.717, 1.165) is 31.8 Å². The van der Waals surface area contributed by atoms with E-state index in [9.17, 15) is 5.11 Å². The number of hydrogen-bond donors (Lipinski definition) is 2. The molecule has 0 bridgehead atoms. The first-order valence-electron chi connectivity index (χ1n) is 7.60. The van der Waals surface area contributed by atoms with E-state index in [0.29, 0.717) is 13.2 Å². The summed E-state index contributed by atoms with van der Waals surface area (Å²) in [5.41, 5.74) is 0. The van der Waals surface area contributed by atoms with Gasteiger partial charge in [-0.15, -0.1) is 16.4 Å². The number of methoxy groups -OCH3 is 1. The van der Waals surface area contributed by atoms with Gasteiger partial charge < -0.3 is 14.7 Å². The number of tetrazole rings is 1. The summed E-state index contributed by atoms with van der Waals surface area (Å²) in [5, 5.41) is 24.1. The van der Waals surface area contributed by atoms with E-state index in [2.05, 4.69) is 33.0 Å². The van der Waals surface area contributed by atoms with Crippen molar-refractivity contribution in [2.75, 3.05) is 26.8 Å². The Morgan fingerprint density at radius 2 is 2.32 bits per heavy atom. The third-order valence-electron chi connectivity index (χ3n) is 4.16. The van der Waals surface area contributed by atoms with Crippen LogP contribution < -0.4 is 4.90 Å². The van der Waals surface area contributed by atoms with Crippen molar-refractivity contribution in [3.8, 4) is 0 Å². The molecule has 0 spiro atoms. The number of nitrogens with one attached hydrogen (secondary N) is 1. The van der Waals surface area contributed by atoms with Crippen molar-refractivity contribution in [3.63, 3.8) is 0 Å². The average Bonchev–Trinajstić information content (AvgIpc) is 3.20. The van der Waals surface area contributed by atoms with Crippen LogP contribution in [-0.2, 0) is 11.3 Å². The molecule has 1 atom stereocenters. The zero-order chi connectivity index (χ0) is 15.4. The van der Waals surface area contributed by atoms with E-state index < -0.39 is 0 Å². The van der Waals surface area contributed by atoms with Gasteiger partial charge in [0, 0.05) is 20.0 Å². The standard InChI is InChI=1S/C14H21N5O2S/c1-21-9-8-19-14(15-16-17-19)13(12-3-2-10-22-12)18-6-4-11(20)5-7-18/h2-3,10-11,13,20H,4-9H2,1H3/p+1/t13-/m1/s1. The Morgan fingerprint density at radius 3 is 3.00 bits per heavy atom. The monoisotopic (exact) mass is 324 g/mol. The molecule has 0 unspecified atom stereocenters. The predicted molar refractivity (Wildman–Crippen MR) is 81.8 cm³/mol. The molecule has 1 fully saturated rings. The van der Waals surface area contributed by atoms with Crippen molar-refractivity contribution < 1.29 is 14.7 Å². The van der Waals surface area contributed by atoms with Gasteiger partial charge in [0.2, 0.25) is 5.82 Å². The Hall–Kier alpha value is -1.35. The third-order valence-corrected chi connectivity index (χ3v) is 5.10. The van der Waals surface area contributed by atoms with E-state index in [1.165, 1.54) is 9.78 Å². The summed E-state index contributed by atoms with van der Waals surface area (Å²) in [4.78, 5) is 2.68. The Balaban J connectivity index is 1.87. The topological polar surface area (TPSA) is 77.5 Å². The van der Waals surface area contributed by atoms with Crippen molar-refractivity contribution >= 4 is 11.3 Å². The lowest BCUT2D eigenvalue weighted by molar-refractivity contribution is -0.931. The zero-order valence-electron chi connectivity index (χ0n) is 12.7. The maximum atomic E-state index is 9.77. The highest BCUT2D eigenvalue weighted by molar-refractivity contribution is 7.10. The first-order chi connectivity index (χ1) is 10.8. The van der Waals surface area contributed by atoms with Crippen molar-refractivity contribution in [1.29, 1.82) is 0 Å². The summed E-state index contributed by atoms with van der Waals surface area (Å²) in [5.74, 6) is 0.880. The molecule has 120 valence electrons. The van der Waals surface area contributed by atoms with Gasteiger partial charge in [0.25, 0.3) is 0 Å². The lowest BCUT2D eigenvalue weighted by Crippen LogP contribution is -3.13. The van der Waals surface area contributed by atoms with Gasteiger partial charge in [-0.05, 0) is 21.9 Å². The second kappa shape index (κ2) is 7.28. The molecule has 0 radical (unpaired) electrons. The van der Waals surface area contributed by atoms with Crippen LogP contribution >= 0.6 is 11.3 Å². The Labute approximate surface area is 133 Å². The SMILES string of the molecule is COCCn1nnnc1[C@@H](c1cccs1)[NH+]1CCC(O)CC1. The van der Waals surface area contributed by atoms with Crippen LogP contribution in [0.2, 0.25) is 0 Å². The van der Waals surface area contributed by atoms with Gasteiger partial charge in [-0.1, -0.05) is 6.07 Å². The number of ether oxygens (including phenoxy) is 1. The second-order valence-corrected chi connectivity index (χ2v) is 6.57. The van der Waals surface area contributed by atoms with Crippen LogP contribution in [0, 0.1) is 0 Å². The maximum absolute atomic E-state index is 9.77. The molecule has 2 N–H and O–H groups in total. The lowest BCUT2D eigenvalue weighted by Gasteiger charge is -2.32. The number of aliphatic hydroxyl groups excluding tert-OH is 1. The van der Waals surface area contributed by atoms with Gasteiger partial charge in [0.05, 0.1) is 37.2 Å². The molecule has 7 nitrogen and oxygen atoms in total. The minimum absolute atomic E-state index is 0.124. The van der Waals surface area contributed by atoms with Crippen LogP contribution in [0.5, 0.6) is 0 Å². The third kappa shape index (κ3) is 3.35. The van der Waals surface area contributed by atoms with Crippen molar-refractivity contribution in [1.82, 2.24) is 20.2 Å². The fourth-order valence-electron chi connectivity index (χ4n) is 2.98. The van der Waals surface area contributed by atoms with Gasteiger partial charge in [-0.25, -0.2) is 4.68 Å². The highest BCUT2D eigenvalue weighted by Gasteiger charge is 2.34. The number of likely N-dealkylation sites (tertiary alicyclic amines) is 1. The summed E-state index contributed by atoms with van der Waals surface area (Å²) in [6, 6.07) is 4.33. The number of aliphatic hydroxyl groups is 1. The van der Waals surface area contributed by atoms with Crippen molar-refractivity contribution in [2.24, 2.45) is 0 Å². The molecule has 1 aliphatic rings. The number of aromatic nitrogens is 4. The van der Waals surface area contributed by atoms with E-state index in [1.54, 1.807) is 18.4 Å². The fraction of sp³-hybridized carbons (Fsp3) is 0.643. The van der Waals surface area contributed by atoms with Crippen LogP contribution in [-0.4, -0.2) is 58.2 Å². The second-order valence-electron chi connectivity index (χ2n) is 5.59. The first-order valence-corrected chi connectivity index (χ1v) is 8.48. The van der Waals surface area contributed by atoms with Crippen LogP contribution in [0.1, 0.15) is 29.6 Å². The van der Waals surface area contributed by atoms with Crippen LogP contribution in [0.4, 0.5) is 0 Å². The summed E-state index contributed by atoms with van der Waals surface area (Å²) in [7, 11) is 1.68. The predicted octanol–water partition coefficient (Wildman–Crippen LogP) is -0.490. The van der Waals surface area contributed by atoms with Crippen LogP contribution in [0.3, 0.4) is 0 Å². The number of rotatable bonds is 6. The molecule has 0 aliphatic carbocycles. The molecular formula is C14H22N5O2S+. The van der Waals surface area contributed by atoms with Crippen LogP contribution in [0.25, 0.3) is 0 Å². The molecule has 0 saturated carbocycles. The Morgan fingerprint density at radius 1 is 1.50 bits per heavy atom. The van der Waals surface area contributed by atoms with Gasteiger partial charge in [0.15, 0.2) is 6.04 Å². The van der Waals surface area contributed by atoms with Crippen LogP contribution in [0.15, 0.2) is 17.5 Å². The zero-order valence-corrected chi connectivity index (χ0v) is 13.5. The minimum atomic E-state index is -0.169. The van der Waals surface area contributed by atoms with E-state index in [-0.39, 0.29) is 12.1 Å². The van der Waals surface area contributed by atoms with Crippen molar-refractivity contribution in [2.45, 2.75) is 31.5 Å². The van der Waals surface area contributed by atoms with Crippen molar-refractivity contribution in [3.05, 3.63) is 28.2 Å². The van der Waals surface area contributed by atoms with Gasteiger partial charge >= 0.3 is 0 Å². The average molecular weight is 324 g/mol. The number of piperidine rings is 1. The number of nitrogens with zero attached hydrogens (tertiary/aromatic N) is 4. The summed E-state index contributed by atoms with van der Waals surface area (Å²) >= 11 is 1.73. The molecular weight excluding hydrogens is 302 g/mol. The Kier molecular flexibility index (Phi) is 5.14. The highest BCUT2D eigenvalue weighted by atomic mass is 32.1. The summed E-state index contributed by atoms with van der Waals surface area (Å²) in [6.45, 7) is 3.10. The molecule has 1 aliphatic heterocycles. The molecule has 0 aromatic carbocycles. The maximum Gasteiger partial charge on any atom is 0.215 e. The first kappa shape index (κ1) is 15.5. The fourth-order valence-corrected chi connectivity index (χ4v) is 3.86. The van der Waals surface area contributed by atoms with E-state index in [4.69, 9.17) is 4.74 Å². The van der Waals surface area contributed by atoms with E-state index in [1.807, 2.05) is 4.68 Å². The molecule has 8 heteroatoms. The molecule has 2 aromatic heterocycles. The molecule has 3 heterocycles. The quantitative estimate of drug-likeness (QED) is 0.750. The van der Waals surface area contributed by atoms with Gasteiger partial charge in [-0.2, -0.15) is 0 Å². The molecule has 3 rings (SSSR count). The number of hydrogen-bond acceptors (Lipinski definition) is 6. The molecule has 2 aromatic rings. The highest BCUT2D eigenvalue weighted by Crippen LogP contribution is 2.22. The Bertz CT molecular complexity index is 566. The minimum Gasteiger partial charge on any atom is -0.393 e. The lowest BCUT2D eigenvalue weighted by atomic mass is 10.0. The summed E-state index contributed by atoms with van der Waals surface area (Å²) in [6.07, 6.45) is 1.49. The number of thiophene rings is 1. The molecule has 22 heavy (non-hydrogen) atoms. The normalized spacial score (nSPS) is 23.5. The molecule has 0 amide bonds. The molecule has 1 saturated heterocycles.